The highest BCUT2D eigenvalue weighted by Gasteiger charge is 2.27. The number of hydrogen-bond donors (Lipinski definition) is 2. The molecular weight excluding hydrogens is 390 g/mol. The number of benzene rings is 2. The number of nitrogens with one attached hydrogen (secondary N) is 2. The van der Waals surface area contributed by atoms with Crippen LogP contribution in [0.4, 0.5) is 0 Å². The van der Waals surface area contributed by atoms with E-state index in [1.54, 1.807) is 18.2 Å². The van der Waals surface area contributed by atoms with Crippen LogP contribution in [0.2, 0.25) is 5.02 Å². The van der Waals surface area contributed by atoms with Crippen LogP contribution < -0.4 is 14.8 Å². The van der Waals surface area contributed by atoms with Crippen LogP contribution in [-0.4, -0.2) is 35.1 Å². The molecule has 0 spiro atoms. The third-order valence-electron chi connectivity index (χ3n) is 5.66. The molecule has 0 saturated heterocycles. The second kappa shape index (κ2) is 7.59. The van der Waals surface area contributed by atoms with Crippen molar-refractivity contribution in [2.45, 2.75) is 37.6 Å². The van der Waals surface area contributed by atoms with Crippen LogP contribution in [0.15, 0.2) is 36.4 Å². The van der Waals surface area contributed by atoms with Crippen molar-refractivity contribution in [3.8, 4) is 11.5 Å². The highest BCUT2D eigenvalue weighted by molar-refractivity contribution is 6.31. The van der Waals surface area contributed by atoms with Crippen LogP contribution in [0.25, 0.3) is 11.0 Å². The van der Waals surface area contributed by atoms with E-state index in [4.69, 9.17) is 26.1 Å². The van der Waals surface area contributed by atoms with Crippen LogP contribution in [0.1, 0.15) is 47.8 Å². The number of fused-ring (bicyclic) bond motifs is 2. The van der Waals surface area contributed by atoms with Crippen molar-refractivity contribution in [2.24, 2.45) is 0 Å². The number of amides is 1. The molecule has 1 unspecified atom stereocenters. The number of aromatic amines is 1. The summed E-state index contributed by atoms with van der Waals surface area (Å²) in [7, 11) is 0. The van der Waals surface area contributed by atoms with Crippen LogP contribution in [0.3, 0.4) is 0 Å². The van der Waals surface area contributed by atoms with Crippen LogP contribution >= 0.6 is 11.6 Å². The quantitative estimate of drug-likeness (QED) is 0.667. The summed E-state index contributed by atoms with van der Waals surface area (Å²) in [6.45, 7) is 1.04. The van der Waals surface area contributed by atoms with Gasteiger partial charge in [0.25, 0.3) is 5.91 Å². The molecule has 29 heavy (non-hydrogen) atoms. The van der Waals surface area contributed by atoms with Gasteiger partial charge in [-0.3, -0.25) is 4.79 Å². The molecule has 1 aliphatic carbocycles. The minimum absolute atomic E-state index is 0.0796. The summed E-state index contributed by atoms with van der Waals surface area (Å²) < 4.78 is 11.1. The van der Waals surface area contributed by atoms with Gasteiger partial charge in [0.05, 0.1) is 11.0 Å². The standard InChI is InChI=1S/C22H22ClN3O3/c23-15-5-6-17-18(12-15)26-21(25-17)13-2-1-3-16(10-13)24-22(27)14-4-7-19-20(11-14)29-9-8-28-19/h4-7,11-13,16H,1-3,8-10H2,(H,24,27)(H,25,26)/t13-,16?/m0/s1. The van der Waals surface area contributed by atoms with Gasteiger partial charge in [-0.1, -0.05) is 18.0 Å². The van der Waals surface area contributed by atoms with E-state index < -0.39 is 0 Å². The number of aromatic nitrogens is 2. The lowest BCUT2D eigenvalue weighted by atomic mass is 9.85. The zero-order valence-corrected chi connectivity index (χ0v) is 16.7. The molecule has 2 atom stereocenters. The zero-order chi connectivity index (χ0) is 19.8. The van der Waals surface area contributed by atoms with Gasteiger partial charge in [-0.05, 0) is 55.7 Å². The average Bonchev–Trinajstić information content (AvgIpc) is 3.17. The highest BCUT2D eigenvalue weighted by Crippen LogP contribution is 2.34. The van der Waals surface area contributed by atoms with Crippen molar-refractivity contribution in [2.75, 3.05) is 13.2 Å². The fourth-order valence-electron chi connectivity index (χ4n) is 4.22. The molecule has 1 fully saturated rings. The summed E-state index contributed by atoms with van der Waals surface area (Å²) in [4.78, 5) is 20.9. The second-order valence-electron chi connectivity index (χ2n) is 7.68. The molecule has 1 saturated carbocycles. The van der Waals surface area contributed by atoms with Gasteiger partial charge < -0.3 is 19.8 Å². The van der Waals surface area contributed by atoms with Crippen molar-refractivity contribution in [1.82, 2.24) is 15.3 Å². The number of imidazole rings is 1. The molecule has 5 rings (SSSR count). The average molecular weight is 412 g/mol. The maximum Gasteiger partial charge on any atom is 0.251 e. The fraction of sp³-hybridized carbons (Fsp3) is 0.364. The summed E-state index contributed by atoms with van der Waals surface area (Å²) in [6, 6.07) is 11.1. The number of rotatable bonds is 3. The molecular formula is C22H22ClN3O3. The molecule has 150 valence electrons. The van der Waals surface area contributed by atoms with Crippen LogP contribution in [0, 0.1) is 0 Å². The number of H-pyrrole nitrogens is 1. The summed E-state index contributed by atoms with van der Waals surface area (Å²) >= 11 is 6.08. The molecule has 2 heterocycles. The van der Waals surface area contributed by atoms with Gasteiger partial charge in [-0.2, -0.15) is 0 Å². The van der Waals surface area contributed by atoms with Crippen molar-refractivity contribution in [1.29, 1.82) is 0 Å². The molecule has 1 aromatic heterocycles. The number of ether oxygens (including phenoxy) is 2. The second-order valence-corrected chi connectivity index (χ2v) is 8.11. The molecule has 7 heteroatoms. The molecule has 0 bridgehead atoms. The Bertz CT molecular complexity index is 1060. The van der Waals surface area contributed by atoms with E-state index in [1.165, 1.54) is 0 Å². The molecule has 2 aromatic carbocycles. The number of carbonyl (C=O) groups excluding carboxylic acids is 1. The Morgan fingerprint density at radius 3 is 2.86 bits per heavy atom. The Morgan fingerprint density at radius 2 is 1.97 bits per heavy atom. The third-order valence-corrected chi connectivity index (χ3v) is 5.90. The smallest absolute Gasteiger partial charge is 0.251 e. The number of halogens is 1. The maximum absolute atomic E-state index is 12.8. The first-order chi connectivity index (χ1) is 14.2. The first-order valence-corrected chi connectivity index (χ1v) is 10.4. The molecule has 2 N–H and O–H groups in total. The number of carbonyl (C=O) groups is 1. The predicted octanol–water partition coefficient (Wildman–Crippen LogP) is 4.44. The van der Waals surface area contributed by atoms with E-state index in [0.29, 0.717) is 41.2 Å². The Balaban J connectivity index is 1.28. The Hall–Kier alpha value is -2.73. The fourth-order valence-corrected chi connectivity index (χ4v) is 4.39. The zero-order valence-electron chi connectivity index (χ0n) is 15.9. The van der Waals surface area contributed by atoms with Gasteiger partial charge in [0.1, 0.15) is 19.0 Å². The monoisotopic (exact) mass is 411 g/mol. The molecule has 2 aliphatic rings. The van der Waals surface area contributed by atoms with Crippen molar-refractivity contribution >= 4 is 28.5 Å². The summed E-state index contributed by atoms with van der Waals surface area (Å²) in [5.74, 6) is 2.51. The van der Waals surface area contributed by atoms with Crippen molar-refractivity contribution in [3.63, 3.8) is 0 Å². The normalized spacial score (nSPS) is 21.1. The van der Waals surface area contributed by atoms with Gasteiger partial charge in [0, 0.05) is 22.5 Å². The van der Waals surface area contributed by atoms with Gasteiger partial charge in [-0.15, -0.1) is 0 Å². The van der Waals surface area contributed by atoms with E-state index in [2.05, 4.69) is 10.3 Å². The van der Waals surface area contributed by atoms with Crippen molar-refractivity contribution in [3.05, 3.63) is 52.8 Å². The van der Waals surface area contributed by atoms with Gasteiger partial charge >= 0.3 is 0 Å². The minimum Gasteiger partial charge on any atom is -0.486 e. The van der Waals surface area contributed by atoms with E-state index in [1.807, 2.05) is 18.2 Å². The largest absolute Gasteiger partial charge is 0.486 e. The molecule has 3 aromatic rings. The summed E-state index contributed by atoms with van der Waals surface area (Å²) in [5.41, 5.74) is 2.47. The number of nitrogens with zero attached hydrogens (tertiary/aromatic N) is 1. The van der Waals surface area contributed by atoms with E-state index in [0.717, 1.165) is 42.5 Å². The van der Waals surface area contributed by atoms with Gasteiger partial charge in [0.15, 0.2) is 11.5 Å². The first-order valence-electron chi connectivity index (χ1n) is 10.0. The lowest BCUT2D eigenvalue weighted by Crippen LogP contribution is -2.38. The minimum atomic E-state index is -0.0796. The Kier molecular flexibility index (Phi) is 4.79. The summed E-state index contributed by atoms with van der Waals surface area (Å²) in [5, 5.41) is 3.88. The molecule has 1 aliphatic heterocycles. The maximum atomic E-state index is 12.8. The molecule has 1 amide bonds. The highest BCUT2D eigenvalue weighted by atomic mass is 35.5. The lowest BCUT2D eigenvalue weighted by molar-refractivity contribution is 0.0923. The van der Waals surface area contributed by atoms with E-state index in [-0.39, 0.29) is 11.9 Å². The lowest BCUT2D eigenvalue weighted by Gasteiger charge is -2.29. The predicted molar refractivity (Wildman–Crippen MR) is 111 cm³/mol. The molecule has 6 nitrogen and oxygen atoms in total. The van der Waals surface area contributed by atoms with Crippen molar-refractivity contribution < 1.29 is 14.3 Å². The van der Waals surface area contributed by atoms with Crippen LogP contribution in [0.5, 0.6) is 11.5 Å². The Morgan fingerprint density at radius 1 is 1.10 bits per heavy atom. The van der Waals surface area contributed by atoms with E-state index in [9.17, 15) is 4.79 Å². The van der Waals surface area contributed by atoms with Gasteiger partial charge in [-0.25, -0.2) is 4.98 Å². The Labute approximate surface area is 173 Å². The number of hydrogen-bond acceptors (Lipinski definition) is 4. The summed E-state index contributed by atoms with van der Waals surface area (Å²) in [6.07, 6.45) is 3.95. The SMILES string of the molecule is O=C(NC1CCC[C@H](c2nc3ccc(Cl)cc3[nH]2)C1)c1ccc2c(c1)OCCO2. The van der Waals surface area contributed by atoms with Gasteiger partial charge in [0.2, 0.25) is 0 Å². The molecule has 0 radical (unpaired) electrons. The topological polar surface area (TPSA) is 76.2 Å². The van der Waals surface area contributed by atoms with E-state index >= 15 is 0 Å². The first kappa shape index (κ1) is 18.3. The third kappa shape index (κ3) is 3.77. The van der Waals surface area contributed by atoms with Crippen LogP contribution in [-0.2, 0) is 0 Å².